The van der Waals surface area contributed by atoms with Gasteiger partial charge >= 0.3 is 5.97 Å². The summed E-state index contributed by atoms with van der Waals surface area (Å²) < 4.78 is 0. The molecular formula is C12H18N2O2. The lowest BCUT2D eigenvalue weighted by Crippen LogP contribution is -2.23. The Balaban J connectivity index is 2.99. The van der Waals surface area contributed by atoms with Gasteiger partial charge in [-0.2, -0.15) is 0 Å². The van der Waals surface area contributed by atoms with Crippen LogP contribution in [-0.4, -0.2) is 24.2 Å². The Hall–Kier alpha value is -1.71. The summed E-state index contributed by atoms with van der Waals surface area (Å²) in [5, 5.41) is 8.86. The minimum atomic E-state index is -0.984. The molecule has 0 aliphatic carbocycles. The third-order valence-corrected chi connectivity index (χ3v) is 2.51. The lowest BCUT2D eigenvalue weighted by Gasteiger charge is -2.23. The molecule has 0 saturated carbocycles. The molecular weight excluding hydrogens is 204 g/mol. The summed E-state index contributed by atoms with van der Waals surface area (Å²) in [5.41, 5.74) is 7.16. The van der Waals surface area contributed by atoms with Crippen LogP contribution in [0.1, 0.15) is 30.6 Å². The van der Waals surface area contributed by atoms with Crippen LogP contribution in [0.4, 0.5) is 11.4 Å². The molecule has 0 unspecified atom stereocenters. The van der Waals surface area contributed by atoms with Crippen molar-refractivity contribution in [2.24, 2.45) is 0 Å². The van der Waals surface area contributed by atoms with E-state index in [0.29, 0.717) is 5.69 Å². The first-order valence-corrected chi connectivity index (χ1v) is 5.47. The molecule has 1 rings (SSSR count). The molecule has 0 saturated heterocycles. The van der Waals surface area contributed by atoms with Crippen LogP contribution in [0.15, 0.2) is 18.2 Å². The van der Waals surface area contributed by atoms with Gasteiger partial charge in [0.2, 0.25) is 0 Å². The molecule has 0 atom stereocenters. The van der Waals surface area contributed by atoms with Gasteiger partial charge in [-0.25, -0.2) is 4.79 Å². The molecule has 16 heavy (non-hydrogen) atoms. The van der Waals surface area contributed by atoms with E-state index >= 15 is 0 Å². The zero-order valence-corrected chi connectivity index (χ0v) is 9.73. The number of benzene rings is 1. The number of nitrogens with zero attached hydrogens (tertiary/aromatic N) is 1. The van der Waals surface area contributed by atoms with Crippen molar-refractivity contribution in [3.05, 3.63) is 23.8 Å². The molecule has 1 aromatic rings. The van der Waals surface area contributed by atoms with E-state index in [9.17, 15) is 4.79 Å². The van der Waals surface area contributed by atoms with Crippen LogP contribution in [0.3, 0.4) is 0 Å². The van der Waals surface area contributed by atoms with Crippen molar-refractivity contribution in [3.63, 3.8) is 0 Å². The SMILES string of the molecule is CCCN(CC)c1ccc(C(=O)O)c(N)c1. The highest BCUT2D eigenvalue weighted by Crippen LogP contribution is 2.21. The van der Waals surface area contributed by atoms with Gasteiger partial charge < -0.3 is 15.7 Å². The molecule has 0 aromatic heterocycles. The topological polar surface area (TPSA) is 66.6 Å². The van der Waals surface area contributed by atoms with Gasteiger partial charge in [0, 0.05) is 24.5 Å². The molecule has 3 N–H and O–H groups in total. The summed E-state index contributed by atoms with van der Waals surface area (Å²) in [7, 11) is 0. The first-order valence-electron chi connectivity index (χ1n) is 5.47. The van der Waals surface area contributed by atoms with Crippen LogP contribution in [0.25, 0.3) is 0 Å². The number of carboxylic acids is 1. The number of carboxylic acid groups (broad SMARTS) is 1. The van der Waals surface area contributed by atoms with Crippen molar-refractivity contribution in [2.75, 3.05) is 23.7 Å². The highest BCUT2D eigenvalue weighted by atomic mass is 16.4. The summed E-state index contributed by atoms with van der Waals surface area (Å²) >= 11 is 0. The Morgan fingerprint density at radius 2 is 2.12 bits per heavy atom. The average Bonchev–Trinajstić information content (AvgIpc) is 2.25. The summed E-state index contributed by atoms with van der Waals surface area (Å²) in [5.74, 6) is -0.984. The smallest absolute Gasteiger partial charge is 0.337 e. The van der Waals surface area contributed by atoms with Gasteiger partial charge in [0.15, 0.2) is 0 Å². The summed E-state index contributed by atoms with van der Waals surface area (Å²) in [6.07, 6.45) is 1.05. The molecule has 88 valence electrons. The van der Waals surface area contributed by atoms with E-state index in [0.717, 1.165) is 25.2 Å². The van der Waals surface area contributed by atoms with E-state index in [4.69, 9.17) is 10.8 Å². The van der Waals surface area contributed by atoms with Crippen LogP contribution >= 0.6 is 0 Å². The molecule has 1 aromatic carbocycles. The van der Waals surface area contributed by atoms with Gasteiger partial charge in [-0.15, -0.1) is 0 Å². The number of hydrogen-bond donors (Lipinski definition) is 2. The maximum absolute atomic E-state index is 10.8. The van der Waals surface area contributed by atoms with Crippen LogP contribution in [0.2, 0.25) is 0 Å². The maximum atomic E-state index is 10.8. The third-order valence-electron chi connectivity index (χ3n) is 2.51. The second kappa shape index (κ2) is 5.39. The van der Waals surface area contributed by atoms with E-state index in [-0.39, 0.29) is 5.56 Å². The molecule has 0 heterocycles. The Kier molecular flexibility index (Phi) is 4.17. The van der Waals surface area contributed by atoms with Gasteiger partial charge in [0.1, 0.15) is 0 Å². The van der Waals surface area contributed by atoms with Crippen LogP contribution in [0, 0.1) is 0 Å². The second-order valence-corrected chi connectivity index (χ2v) is 3.66. The van der Waals surface area contributed by atoms with Gasteiger partial charge in [0.25, 0.3) is 0 Å². The van der Waals surface area contributed by atoms with Gasteiger partial charge in [0.05, 0.1) is 5.56 Å². The number of rotatable bonds is 5. The molecule has 4 heteroatoms. The molecule has 0 aliphatic rings. The van der Waals surface area contributed by atoms with Crippen LogP contribution in [-0.2, 0) is 0 Å². The van der Waals surface area contributed by atoms with Crippen LogP contribution < -0.4 is 10.6 Å². The number of carbonyl (C=O) groups is 1. The van der Waals surface area contributed by atoms with Crippen molar-refractivity contribution >= 4 is 17.3 Å². The number of hydrogen-bond acceptors (Lipinski definition) is 3. The fourth-order valence-electron chi connectivity index (χ4n) is 1.68. The number of nitrogens with two attached hydrogens (primary N) is 1. The van der Waals surface area contributed by atoms with Crippen molar-refractivity contribution < 1.29 is 9.90 Å². The Bertz CT molecular complexity index is 377. The molecule has 0 aliphatic heterocycles. The quantitative estimate of drug-likeness (QED) is 0.749. The standard InChI is InChI=1S/C12H18N2O2/c1-3-7-14(4-2)9-5-6-10(12(15)16)11(13)8-9/h5-6,8H,3-4,7,13H2,1-2H3,(H,15,16). The fourth-order valence-corrected chi connectivity index (χ4v) is 1.68. The molecule has 0 fully saturated rings. The van der Waals surface area contributed by atoms with Crippen molar-refractivity contribution in [2.45, 2.75) is 20.3 Å². The van der Waals surface area contributed by atoms with Crippen molar-refractivity contribution in [3.8, 4) is 0 Å². The molecule has 0 bridgehead atoms. The van der Waals surface area contributed by atoms with Crippen molar-refractivity contribution in [1.82, 2.24) is 0 Å². The summed E-state index contributed by atoms with van der Waals surface area (Å²) in [6, 6.07) is 5.09. The normalized spacial score (nSPS) is 10.1. The number of nitrogen functional groups attached to an aromatic ring is 1. The predicted octanol–water partition coefficient (Wildman–Crippen LogP) is 2.20. The van der Waals surface area contributed by atoms with E-state index in [2.05, 4.69) is 18.7 Å². The summed E-state index contributed by atoms with van der Waals surface area (Å²) in [6.45, 7) is 6.01. The van der Waals surface area contributed by atoms with Gasteiger partial charge in [-0.05, 0) is 31.5 Å². The monoisotopic (exact) mass is 222 g/mol. The lowest BCUT2D eigenvalue weighted by atomic mass is 10.1. The predicted molar refractivity (Wildman–Crippen MR) is 66.0 cm³/mol. The highest BCUT2D eigenvalue weighted by molar-refractivity contribution is 5.94. The maximum Gasteiger partial charge on any atom is 0.337 e. The Morgan fingerprint density at radius 3 is 2.56 bits per heavy atom. The second-order valence-electron chi connectivity index (χ2n) is 3.66. The Morgan fingerprint density at radius 1 is 1.44 bits per heavy atom. The highest BCUT2D eigenvalue weighted by Gasteiger charge is 2.10. The lowest BCUT2D eigenvalue weighted by molar-refractivity contribution is 0.0698. The minimum absolute atomic E-state index is 0.163. The van der Waals surface area contributed by atoms with E-state index in [1.165, 1.54) is 0 Å². The van der Waals surface area contributed by atoms with E-state index < -0.39 is 5.97 Å². The first kappa shape index (κ1) is 12.4. The zero-order chi connectivity index (χ0) is 12.1. The third kappa shape index (κ3) is 2.66. The Labute approximate surface area is 95.7 Å². The number of anilines is 2. The van der Waals surface area contributed by atoms with E-state index in [1.54, 1.807) is 18.2 Å². The molecule has 4 nitrogen and oxygen atoms in total. The first-order chi connectivity index (χ1) is 7.60. The van der Waals surface area contributed by atoms with Crippen LogP contribution in [0.5, 0.6) is 0 Å². The molecule has 0 spiro atoms. The zero-order valence-electron chi connectivity index (χ0n) is 9.73. The fraction of sp³-hybridized carbons (Fsp3) is 0.417. The molecule has 0 radical (unpaired) electrons. The number of aromatic carboxylic acids is 1. The van der Waals surface area contributed by atoms with Gasteiger partial charge in [-0.3, -0.25) is 0 Å². The summed E-state index contributed by atoms with van der Waals surface area (Å²) in [4.78, 5) is 13.0. The average molecular weight is 222 g/mol. The largest absolute Gasteiger partial charge is 0.478 e. The van der Waals surface area contributed by atoms with E-state index in [1.807, 2.05) is 0 Å². The van der Waals surface area contributed by atoms with Gasteiger partial charge in [-0.1, -0.05) is 6.92 Å². The van der Waals surface area contributed by atoms with Crippen molar-refractivity contribution in [1.29, 1.82) is 0 Å². The molecule has 0 amide bonds. The minimum Gasteiger partial charge on any atom is -0.478 e.